The summed E-state index contributed by atoms with van der Waals surface area (Å²) in [6.45, 7) is 7.79. The van der Waals surface area contributed by atoms with E-state index in [2.05, 4.69) is 5.32 Å². The van der Waals surface area contributed by atoms with E-state index >= 15 is 0 Å². The number of aliphatic carboxylic acids is 1. The summed E-state index contributed by atoms with van der Waals surface area (Å²) in [5, 5.41) is 12.0. The largest absolute Gasteiger partial charge is 0.480 e. The lowest BCUT2D eigenvalue weighted by Gasteiger charge is -2.43. The minimum Gasteiger partial charge on any atom is -0.480 e. The van der Waals surface area contributed by atoms with Gasteiger partial charge in [-0.15, -0.1) is 0 Å². The number of nitrogens with zero attached hydrogens (tertiary/aromatic N) is 2. The number of carboxylic acids is 1. The van der Waals surface area contributed by atoms with E-state index in [9.17, 15) is 9.59 Å². The van der Waals surface area contributed by atoms with Gasteiger partial charge in [0.15, 0.2) is 0 Å². The van der Waals surface area contributed by atoms with Gasteiger partial charge in [0.1, 0.15) is 0 Å². The smallest absolute Gasteiger partial charge is 0.317 e. The van der Waals surface area contributed by atoms with Crippen LogP contribution in [0, 0.1) is 5.92 Å². The molecule has 0 aromatic heterocycles. The Morgan fingerprint density at radius 1 is 1.33 bits per heavy atom. The predicted octanol–water partition coefficient (Wildman–Crippen LogP) is 1.38. The van der Waals surface area contributed by atoms with E-state index < -0.39 is 5.97 Å². The van der Waals surface area contributed by atoms with Gasteiger partial charge in [0.25, 0.3) is 0 Å². The van der Waals surface area contributed by atoms with Gasteiger partial charge in [0.05, 0.1) is 13.2 Å². The molecule has 2 aliphatic rings. The minimum atomic E-state index is -0.794. The fourth-order valence-electron chi connectivity index (χ4n) is 3.61. The van der Waals surface area contributed by atoms with E-state index in [1.807, 2.05) is 23.6 Å². The molecule has 1 saturated carbocycles. The normalized spacial score (nSPS) is 27.0. The van der Waals surface area contributed by atoms with Crippen LogP contribution in [0.15, 0.2) is 0 Å². The summed E-state index contributed by atoms with van der Waals surface area (Å²) in [5.74, 6) is -0.359. The van der Waals surface area contributed by atoms with Gasteiger partial charge in [0.2, 0.25) is 0 Å². The highest BCUT2D eigenvalue weighted by molar-refractivity contribution is 5.74. The zero-order valence-corrected chi connectivity index (χ0v) is 14.9. The van der Waals surface area contributed by atoms with Crippen molar-refractivity contribution in [1.82, 2.24) is 15.1 Å². The molecule has 24 heavy (non-hydrogen) atoms. The van der Waals surface area contributed by atoms with Crippen LogP contribution in [0.1, 0.15) is 39.5 Å². The number of hydrogen-bond acceptors (Lipinski definition) is 4. The summed E-state index contributed by atoms with van der Waals surface area (Å²) in [4.78, 5) is 27.1. The maximum absolute atomic E-state index is 12.4. The topological polar surface area (TPSA) is 82.1 Å². The molecule has 2 N–H and O–H groups in total. The molecule has 1 unspecified atom stereocenters. The number of amides is 2. The third-order valence-electron chi connectivity index (χ3n) is 5.07. The average molecular weight is 341 g/mol. The first-order chi connectivity index (χ1) is 11.5. The van der Waals surface area contributed by atoms with Crippen molar-refractivity contribution in [3.05, 3.63) is 0 Å². The molecule has 7 heteroatoms. The van der Waals surface area contributed by atoms with Crippen molar-refractivity contribution in [3.63, 3.8) is 0 Å². The number of likely N-dealkylation sites (N-methyl/N-ethyl adjacent to an activating group) is 1. The Morgan fingerprint density at radius 3 is 2.71 bits per heavy atom. The molecule has 7 nitrogen and oxygen atoms in total. The Morgan fingerprint density at radius 2 is 2.08 bits per heavy atom. The van der Waals surface area contributed by atoms with Crippen LogP contribution >= 0.6 is 0 Å². The summed E-state index contributed by atoms with van der Waals surface area (Å²) < 4.78 is 5.49. The Balaban J connectivity index is 1.71. The van der Waals surface area contributed by atoms with Gasteiger partial charge in [-0.25, -0.2) is 4.79 Å². The van der Waals surface area contributed by atoms with Gasteiger partial charge in [-0.3, -0.25) is 9.69 Å². The molecule has 1 aliphatic carbocycles. The maximum atomic E-state index is 12.4. The summed E-state index contributed by atoms with van der Waals surface area (Å²) in [6, 6.07) is 0.446. The molecule has 1 aliphatic heterocycles. The fourth-order valence-corrected chi connectivity index (χ4v) is 3.61. The van der Waals surface area contributed by atoms with Crippen molar-refractivity contribution in [1.29, 1.82) is 0 Å². The Bertz CT molecular complexity index is 426. The standard InChI is InChI=1S/C17H31N3O4/c1-3-19(11-16(21)22)15-8-14(9-15)18-17(23)20-7-5-6-13(10-20)12-24-4-2/h13-15H,3-12H2,1-2H3,(H,18,23)(H,21,22). The highest BCUT2D eigenvalue weighted by Gasteiger charge is 2.35. The number of ether oxygens (including phenoxy) is 1. The first-order valence-electron chi connectivity index (χ1n) is 9.12. The van der Waals surface area contributed by atoms with Crippen molar-refractivity contribution in [2.75, 3.05) is 39.4 Å². The van der Waals surface area contributed by atoms with Crippen molar-refractivity contribution in [2.24, 2.45) is 5.92 Å². The number of urea groups is 1. The first-order valence-corrected chi connectivity index (χ1v) is 9.12. The molecule has 138 valence electrons. The predicted molar refractivity (Wildman–Crippen MR) is 91.0 cm³/mol. The van der Waals surface area contributed by atoms with E-state index in [4.69, 9.17) is 9.84 Å². The number of nitrogens with one attached hydrogen (secondary N) is 1. The molecular weight excluding hydrogens is 310 g/mol. The number of rotatable bonds is 8. The molecule has 0 radical (unpaired) electrons. The van der Waals surface area contributed by atoms with Crippen molar-refractivity contribution in [2.45, 2.75) is 51.6 Å². The maximum Gasteiger partial charge on any atom is 0.317 e. The van der Waals surface area contributed by atoms with Gasteiger partial charge in [-0.1, -0.05) is 6.92 Å². The van der Waals surface area contributed by atoms with Crippen LogP contribution in [0.5, 0.6) is 0 Å². The highest BCUT2D eigenvalue weighted by Crippen LogP contribution is 2.26. The second kappa shape index (κ2) is 9.22. The van der Waals surface area contributed by atoms with E-state index in [-0.39, 0.29) is 24.7 Å². The minimum absolute atomic E-state index is 0.0148. The van der Waals surface area contributed by atoms with Crippen LogP contribution in [0.2, 0.25) is 0 Å². The number of piperidine rings is 1. The molecule has 0 aromatic rings. The first kappa shape index (κ1) is 19.0. The van der Waals surface area contributed by atoms with E-state index in [1.54, 1.807) is 0 Å². The molecule has 0 spiro atoms. The molecule has 1 atom stereocenters. The van der Waals surface area contributed by atoms with E-state index in [0.29, 0.717) is 5.92 Å². The van der Waals surface area contributed by atoms with Gasteiger partial charge >= 0.3 is 12.0 Å². The van der Waals surface area contributed by atoms with Crippen LogP contribution in [0.3, 0.4) is 0 Å². The van der Waals surface area contributed by atoms with E-state index in [0.717, 1.165) is 58.5 Å². The second-order valence-electron chi connectivity index (χ2n) is 6.84. The van der Waals surface area contributed by atoms with Gasteiger partial charge in [-0.05, 0) is 39.2 Å². The molecule has 1 saturated heterocycles. The number of likely N-dealkylation sites (tertiary alicyclic amines) is 1. The zero-order valence-electron chi connectivity index (χ0n) is 14.9. The van der Waals surface area contributed by atoms with Crippen LogP contribution in [0.4, 0.5) is 4.79 Å². The average Bonchev–Trinajstić information content (AvgIpc) is 2.53. The van der Waals surface area contributed by atoms with Crippen molar-refractivity contribution < 1.29 is 19.4 Å². The Labute approximate surface area is 144 Å². The van der Waals surface area contributed by atoms with E-state index in [1.165, 1.54) is 0 Å². The number of carbonyl (C=O) groups excluding carboxylic acids is 1. The summed E-state index contributed by atoms with van der Waals surface area (Å²) in [6.07, 6.45) is 3.82. The SMILES string of the molecule is CCOCC1CCCN(C(=O)NC2CC(N(CC)CC(=O)O)C2)C1. The number of carbonyl (C=O) groups is 2. The molecule has 2 rings (SSSR count). The van der Waals surface area contributed by atoms with Crippen LogP contribution in [-0.2, 0) is 9.53 Å². The van der Waals surface area contributed by atoms with Crippen LogP contribution in [0.25, 0.3) is 0 Å². The molecule has 2 fully saturated rings. The molecule has 0 aromatic carbocycles. The highest BCUT2D eigenvalue weighted by atomic mass is 16.5. The number of hydrogen-bond donors (Lipinski definition) is 2. The summed E-state index contributed by atoms with van der Waals surface area (Å²) >= 11 is 0. The van der Waals surface area contributed by atoms with Crippen LogP contribution < -0.4 is 5.32 Å². The summed E-state index contributed by atoms with van der Waals surface area (Å²) in [5.41, 5.74) is 0. The zero-order chi connectivity index (χ0) is 17.5. The number of carboxylic acid groups (broad SMARTS) is 1. The third-order valence-corrected chi connectivity index (χ3v) is 5.07. The molecular formula is C17H31N3O4. The van der Waals surface area contributed by atoms with Gasteiger partial charge < -0.3 is 20.1 Å². The van der Waals surface area contributed by atoms with Crippen molar-refractivity contribution in [3.8, 4) is 0 Å². The Hall–Kier alpha value is -1.34. The second-order valence-corrected chi connectivity index (χ2v) is 6.84. The molecule has 1 heterocycles. The lowest BCUT2D eigenvalue weighted by molar-refractivity contribution is -0.139. The quantitative estimate of drug-likeness (QED) is 0.697. The fraction of sp³-hybridized carbons (Fsp3) is 0.882. The summed E-state index contributed by atoms with van der Waals surface area (Å²) in [7, 11) is 0. The van der Waals surface area contributed by atoms with Gasteiger partial charge in [-0.2, -0.15) is 0 Å². The lowest BCUT2D eigenvalue weighted by atomic mass is 9.85. The third kappa shape index (κ3) is 5.34. The molecule has 0 bridgehead atoms. The monoisotopic (exact) mass is 341 g/mol. The van der Waals surface area contributed by atoms with Crippen LogP contribution in [-0.4, -0.2) is 78.4 Å². The van der Waals surface area contributed by atoms with Gasteiger partial charge in [0, 0.05) is 37.7 Å². The Kier molecular flexibility index (Phi) is 7.30. The lowest BCUT2D eigenvalue weighted by Crippen LogP contribution is -2.57. The van der Waals surface area contributed by atoms with Crippen molar-refractivity contribution >= 4 is 12.0 Å². The molecule has 2 amide bonds.